The van der Waals surface area contributed by atoms with Crippen LogP contribution in [0.5, 0.6) is 0 Å². The maximum Gasteiger partial charge on any atom is 0.341 e. The minimum Gasteiger partial charge on any atom is -0.479 e. The molecular weight excluding hydrogens is 228 g/mol. The number of hydrogen-bond donors (Lipinski definition) is 3. The van der Waals surface area contributed by atoms with Gasteiger partial charge in [0.15, 0.2) is 6.61 Å². The quantitative estimate of drug-likeness (QED) is 0.597. The molecule has 0 saturated carbocycles. The third-order valence-electron chi connectivity index (χ3n) is 2.86. The Morgan fingerprint density at radius 1 is 1.47 bits per heavy atom. The summed E-state index contributed by atoms with van der Waals surface area (Å²) < 4.78 is 0. The number of aliphatic hydroxyl groups excluding tert-OH is 1. The normalized spacial score (nSPS) is 18.8. The van der Waals surface area contributed by atoms with E-state index in [4.69, 9.17) is 5.11 Å². The van der Waals surface area contributed by atoms with Crippen LogP contribution >= 0.6 is 0 Å². The van der Waals surface area contributed by atoms with Crippen molar-refractivity contribution in [3.63, 3.8) is 0 Å². The van der Waals surface area contributed by atoms with E-state index in [1.165, 1.54) is 0 Å². The van der Waals surface area contributed by atoms with E-state index in [0.29, 0.717) is 13.1 Å². The van der Waals surface area contributed by atoms with Gasteiger partial charge in [-0.2, -0.15) is 0 Å². The van der Waals surface area contributed by atoms with Crippen LogP contribution in [0.3, 0.4) is 0 Å². The molecule has 1 aliphatic heterocycles. The highest BCUT2D eigenvalue weighted by molar-refractivity contribution is 5.73. The number of hydrogen-bond acceptors (Lipinski definition) is 4. The van der Waals surface area contributed by atoms with Gasteiger partial charge in [-0.3, -0.25) is 4.84 Å². The number of nitrogens with zero attached hydrogens (tertiary/aromatic N) is 1. The number of piperidine rings is 1. The van der Waals surface area contributed by atoms with Gasteiger partial charge in [-0.05, 0) is 25.7 Å². The highest BCUT2D eigenvalue weighted by Gasteiger charge is 2.25. The molecule has 0 aromatic heterocycles. The Bertz CT molecular complexity index is 274. The molecule has 0 aliphatic carbocycles. The Morgan fingerprint density at radius 2 is 2.06 bits per heavy atom. The lowest BCUT2D eigenvalue weighted by Gasteiger charge is -2.32. The summed E-state index contributed by atoms with van der Waals surface area (Å²) in [5, 5.41) is 17.7. The SMILES string of the molecule is CC(O)C1CCN(C(=O)NOCC(=O)O)CC1. The number of hydroxylamine groups is 1. The van der Waals surface area contributed by atoms with Crippen LogP contribution in [0.15, 0.2) is 0 Å². The molecule has 17 heavy (non-hydrogen) atoms. The number of aliphatic carboxylic acids is 1. The van der Waals surface area contributed by atoms with Gasteiger partial charge in [0.05, 0.1) is 6.10 Å². The molecule has 2 amide bonds. The van der Waals surface area contributed by atoms with Crippen LogP contribution in [-0.4, -0.2) is 52.9 Å². The second kappa shape index (κ2) is 6.41. The number of urea groups is 1. The van der Waals surface area contributed by atoms with Gasteiger partial charge < -0.3 is 15.1 Å². The number of carboxylic acids is 1. The molecule has 0 bridgehead atoms. The number of carbonyl (C=O) groups is 2. The first-order chi connectivity index (χ1) is 8.00. The predicted molar refractivity (Wildman–Crippen MR) is 58.1 cm³/mol. The minimum absolute atomic E-state index is 0.221. The van der Waals surface area contributed by atoms with Gasteiger partial charge in [0, 0.05) is 13.1 Å². The van der Waals surface area contributed by atoms with E-state index in [1.807, 2.05) is 0 Å². The Morgan fingerprint density at radius 3 is 2.53 bits per heavy atom. The van der Waals surface area contributed by atoms with Crippen molar-refractivity contribution in [1.29, 1.82) is 0 Å². The van der Waals surface area contributed by atoms with Gasteiger partial charge in [-0.15, -0.1) is 0 Å². The fourth-order valence-electron chi connectivity index (χ4n) is 1.81. The summed E-state index contributed by atoms with van der Waals surface area (Å²) in [5.41, 5.74) is 2.07. The monoisotopic (exact) mass is 246 g/mol. The lowest BCUT2D eigenvalue weighted by atomic mass is 9.92. The van der Waals surface area contributed by atoms with E-state index < -0.39 is 18.6 Å². The second-order valence-electron chi connectivity index (χ2n) is 4.15. The summed E-state index contributed by atoms with van der Waals surface area (Å²) in [6, 6.07) is -0.435. The van der Waals surface area contributed by atoms with Crippen molar-refractivity contribution in [3.05, 3.63) is 0 Å². The molecule has 1 rings (SSSR count). The molecule has 1 saturated heterocycles. The number of likely N-dealkylation sites (tertiary alicyclic amines) is 1. The van der Waals surface area contributed by atoms with Crippen molar-refractivity contribution >= 4 is 12.0 Å². The zero-order valence-electron chi connectivity index (χ0n) is 9.76. The van der Waals surface area contributed by atoms with Crippen LogP contribution in [0.4, 0.5) is 4.79 Å². The first kappa shape index (κ1) is 13.7. The molecule has 1 heterocycles. The molecule has 1 aliphatic rings. The maximum atomic E-state index is 11.5. The third kappa shape index (κ3) is 4.58. The molecule has 1 unspecified atom stereocenters. The highest BCUT2D eigenvalue weighted by atomic mass is 16.7. The van der Waals surface area contributed by atoms with Crippen molar-refractivity contribution in [2.24, 2.45) is 5.92 Å². The summed E-state index contributed by atoms with van der Waals surface area (Å²) in [5.74, 6) is -0.919. The average Bonchev–Trinajstić information content (AvgIpc) is 2.28. The fraction of sp³-hybridized carbons (Fsp3) is 0.800. The van der Waals surface area contributed by atoms with E-state index >= 15 is 0 Å². The van der Waals surface area contributed by atoms with Gasteiger partial charge in [0.2, 0.25) is 0 Å². The Labute approximate surface area is 99.3 Å². The summed E-state index contributed by atoms with van der Waals surface area (Å²) in [4.78, 5) is 27.7. The lowest BCUT2D eigenvalue weighted by Crippen LogP contribution is -2.46. The van der Waals surface area contributed by atoms with E-state index in [9.17, 15) is 14.7 Å². The van der Waals surface area contributed by atoms with Crippen LogP contribution in [-0.2, 0) is 9.63 Å². The molecule has 0 radical (unpaired) electrons. The zero-order chi connectivity index (χ0) is 12.8. The fourth-order valence-corrected chi connectivity index (χ4v) is 1.81. The Balaban J connectivity index is 2.24. The van der Waals surface area contributed by atoms with E-state index in [0.717, 1.165) is 12.8 Å². The summed E-state index contributed by atoms with van der Waals surface area (Å²) >= 11 is 0. The molecule has 7 nitrogen and oxygen atoms in total. The van der Waals surface area contributed by atoms with Crippen molar-refractivity contribution in [3.8, 4) is 0 Å². The van der Waals surface area contributed by atoms with Gasteiger partial charge in [-0.1, -0.05) is 0 Å². The second-order valence-corrected chi connectivity index (χ2v) is 4.15. The van der Waals surface area contributed by atoms with Crippen LogP contribution < -0.4 is 5.48 Å². The van der Waals surface area contributed by atoms with Crippen molar-refractivity contribution in [2.75, 3.05) is 19.7 Å². The summed E-state index contributed by atoms with van der Waals surface area (Å²) in [7, 11) is 0. The maximum absolute atomic E-state index is 11.5. The summed E-state index contributed by atoms with van der Waals surface area (Å²) in [6.07, 6.45) is 1.12. The topological polar surface area (TPSA) is 99.1 Å². The van der Waals surface area contributed by atoms with E-state index in [-0.39, 0.29) is 12.0 Å². The first-order valence-electron chi connectivity index (χ1n) is 5.57. The van der Waals surface area contributed by atoms with E-state index in [2.05, 4.69) is 10.3 Å². The van der Waals surface area contributed by atoms with Gasteiger partial charge in [0.1, 0.15) is 0 Å². The third-order valence-corrected chi connectivity index (χ3v) is 2.86. The molecule has 98 valence electrons. The molecule has 1 fully saturated rings. The average molecular weight is 246 g/mol. The number of carboxylic acid groups (broad SMARTS) is 1. The number of rotatable bonds is 4. The van der Waals surface area contributed by atoms with Crippen LogP contribution in [0.1, 0.15) is 19.8 Å². The molecule has 1 atom stereocenters. The predicted octanol–water partition coefficient (Wildman–Crippen LogP) is -0.195. The van der Waals surface area contributed by atoms with Crippen molar-refractivity contribution < 1.29 is 24.6 Å². The van der Waals surface area contributed by atoms with E-state index in [1.54, 1.807) is 11.8 Å². The number of aliphatic hydroxyl groups is 1. The Kier molecular flexibility index (Phi) is 5.17. The van der Waals surface area contributed by atoms with Crippen molar-refractivity contribution in [2.45, 2.75) is 25.9 Å². The lowest BCUT2D eigenvalue weighted by molar-refractivity contribution is -0.144. The van der Waals surface area contributed by atoms with Crippen LogP contribution in [0.2, 0.25) is 0 Å². The molecule has 3 N–H and O–H groups in total. The van der Waals surface area contributed by atoms with Crippen molar-refractivity contribution in [1.82, 2.24) is 10.4 Å². The van der Waals surface area contributed by atoms with Gasteiger partial charge in [-0.25, -0.2) is 15.1 Å². The standard InChI is InChI=1S/C10H18N2O5/c1-7(13)8-2-4-12(5-3-8)10(16)11-17-6-9(14)15/h7-8,13H,2-6H2,1H3,(H,11,16)(H,14,15). The van der Waals surface area contributed by atoms with Gasteiger partial charge in [0.25, 0.3) is 0 Å². The first-order valence-corrected chi connectivity index (χ1v) is 5.57. The molecular formula is C10H18N2O5. The van der Waals surface area contributed by atoms with Gasteiger partial charge >= 0.3 is 12.0 Å². The molecule has 0 aromatic carbocycles. The largest absolute Gasteiger partial charge is 0.479 e. The zero-order valence-corrected chi connectivity index (χ0v) is 9.76. The van der Waals surface area contributed by atoms with Crippen LogP contribution in [0.25, 0.3) is 0 Å². The smallest absolute Gasteiger partial charge is 0.341 e. The Hall–Kier alpha value is -1.34. The number of nitrogens with one attached hydrogen (secondary N) is 1. The molecule has 7 heteroatoms. The molecule has 0 aromatic rings. The summed E-state index contributed by atoms with van der Waals surface area (Å²) in [6.45, 7) is 2.27. The highest BCUT2D eigenvalue weighted by Crippen LogP contribution is 2.20. The number of amides is 2. The van der Waals surface area contributed by atoms with Crippen LogP contribution in [0, 0.1) is 5.92 Å². The minimum atomic E-state index is -1.14. The number of carbonyl (C=O) groups excluding carboxylic acids is 1. The molecule has 0 spiro atoms.